The lowest BCUT2D eigenvalue weighted by Gasteiger charge is -2.22. The van der Waals surface area contributed by atoms with E-state index in [1.165, 1.54) is 0 Å². The number of rotatable bonds is 3. The Bertz CT molecular complexity index is 599. The lowest BCUT2D eigenvalue weighted by atomic mass is 10.2. The summed E-state index contributed by atoms with van der Waals surface area (Å²) in [6.45, 7) is 4.46. The summed E-state index contributed by atoms with van der Waals surface area (Å²) in [6, 6.07) is 14.9. The number of nitrogens with one attached hydrogen (secondary N) is 1. The molecule has 0 bridgehead atoms. The lowest BCUT2D eigenvalue weighted by Crippen LogP contribution is -2.34. The number of halogens is 1. The average molecular weight is 289 g/mol. The maximum atomic E-state index is 12.4. The van der Waals surface area contributed by atoms with E-state index in [9.17, 15) is 4.79 Å². The van der Waals surface area contributed by atoms with Crippen LogP contribution >= 0.6 is 11.6 Å². The molecular formula is C16H17ClN2O. The summed E-state index contributed by atoms with van der Waals surface area (Å²) in [5.74, 6) is 0. The predicted molar refractivity (Wildman–Crippen MR) is 84.7 cm³/mol. The molecule has 4 heteroatoms. The Labute approximate surface area is 124 Å². The second kappa shape index (κ2) is 6.44. The van der Waals surface area contributed by atoms with Gasteiger partial charge >= 0.3 is 6.03 Å². The van der Waals surface area contributed by atoms with Crippen molar-refractivity contribution in [3.05, 3.63) is 59.1 Å². The van der Waals surface area contributed by atoms with Gasteiger partial charge in [0.25, 0.3) is 0 Å². The molecule has 0 atom stereocenters. The van der Waals surface area contributed by atoms with E-state index in [-0.39, 0.29) is 6.03 Å². The highest BCUT2D eigenvalue weighted by Crippen LogP contribution is 2.21. The van der Waals surface area contributed by atoms with E-state index in [0.717, 1.165) is 16.9 Å². The molecule has 2 aromatic carbocycles. The monoisotopic (exact) mass is 288 g/mol. The number of para-hydroxylation sites is 1. The first-order chi connectivity index (χ1) is 9.61. The summed E-state index contributed by atoms with van der Waals surface area (Å²) >= 11 is 5.92. The largest absolute Gasteiger partial charge is 0.326 e. The Hall–Kier alpha value is -2.00. The van der Waals surface area contributed by atoms with Gasteiger partial charge in [-0.25, -0.2) is 4.79 Å². The predicted octanol–water partition coefficient (Wildman–Crippen LogP) is 4.71. The van der Waals surface area contributed by atoms with Crippen molar-refractivity contribution in [3.63, 3.8) is 0 Å². The molecule has 2 rings (SSSR count). The summed E-state index contributed by atoms with van der Waals surface area (Å²) < 4.78 is 0. The molecule has 0 aliphatic carbocycles. The normalized spacial score (nSPS) is 10.2. The van der Waals surface area contributed by atoms with Crippen LogP contribution in [0.2, 0.25) is 5.02 Å². The van der Waals surface area contributed by atoms with Crippen LogP contribution in [0.5, 0.6) is 0 Å². The molecule has 0 aromatic heterocycles. The third kappa shape index (κ3) is 3.31. The number of hydrogen-bond acceptors (Lipinski definition) is 1. The van der Waals surface area contributed by atoms with Gasteiger partial charge in [0, 0.05) is 22.9 Å². The maximum Gasteiger partial charge on any atom is 0.326 e. The van der Waals surface area contributed by atoms with Gasteiger partial charge in [-0.2, -0.15) is 0 Å². The molecule has 0 fully saturated rings. The van der Waals surface area contributed by atoms with Gasteiger partial charge in [-0.1, -0.05) is 29.8 Å². The van der Waals surface area contributed by atoms with Crippen molar-refractivity contribution >= 4 is 29.0 Å². The number of urea groups is 1. The smallest absolute Gasteiger partial charge is 0.307 e. The molecule has 0 saturated carbocycles. The fraction of sp³-hybridized carbons (Fsp3) is 0.188. The van der Waals surface area contributed by atoms with Gasteiger partial charge in [0.05, 0.1) is 0 Å². The van der Waals surface area contributed by atoms with Crippen molar-refractivity contribution in [2.24, 2.45) is 0 Å². The summed E-state index contributed by atoms with van der Waals surface area (Å²) in [5.41, 5.74) is 2.59. The molecule has 104 valence electrons. The zero-order valence-corrected chi connectivity index (χ0v) is 12.3. The number of benzene rings is 2. The molecule has 0 radical (unpaired) electrons. The fourth-order valence-electron chi connectivity index (χ4n) is 2.00. The minimum atomic E-state index is -0.149. The van der Waals surface area contributed by atoms with Crippen molar-refractivity contribution in [2.45, 2.75) is 13.8 Å². The van der Waals surface area contributed by atoms with E-state index in [2.05, 4.69) is 5.32 Å². The Morgan fingerprint density at radius 1 is 1.20 bits per heavy atom. The van der Waals surface area contributed by atoms with Crippen LogP contribution in [0, 0.1) is 6.92 Å². The topological polar surface area (TPSA) is 32.3 Å². The van der Waals surface area contributed by atoms with Crippen molar-refractivity contribution in [1.82, 2.24) is 0 Å². The first-order valence-electron chi connectivity index (χ1n) is 6.51. The van der Waals surface area contributed by atoms with Crippen LogP contribution in [-0.4, -0.2) is 12.6 Å². The van der Waals surface area contributed by atoms with Gasteiger partial charge in [-0.3, -0.25) is 4.90 Å². The molecule has 0 unspecified atom stereocenters. The summed E-state index contributed by atoms with van der Waals surface area (Å²) in [4.78, 5) is 14.1. The van der Waals surface area contributed by atoms with Gasteiger partial charge in [0.15, 0.2) is 0 Å². The van der Waals surface area contributed by atoms with Crippen molar-refractivity contribution < 1.29 is 4.79 Å². The van der Waals surface area contributed by atoms with Crippen molar-refractivity contribution in [1.29, 1.82) is 0 Å². The zero-order valence-electron chi connectivity index (χ0n) is 11.6. The molecule has 3 nitrogen and oxygen atoms in total. The van der Waals surface area contributed by atoms with E-state index in [1.807, 2.05) is 56.3 Å². The van der Waals surface area contributed by atoms with Crippen LogP contribution in [0.1, 0.15) is 12.5 Å². The number of carbonyl (C=O) groups is 1. The number of aryl methyl sites for hydroxylation is 1. The average Bonchev–Trinajstić information content (AvgIpc) is 2.44. The second-order valence-corrected chi connectivity index (χ2v) is 4.91. The minimum Gasteiger partial charge on any atom is -0.307 e. The van der Waals surface area contributed by atoms with Crippen LogP contribution in [-0.2, 0) is 0 Å². The number of hydrogen-bond donors (Lipinski definition) is 1. The highest BCUT2D eigenvalue weighted by molar-refractivity contribution is 6.30. The lowest BCUT2D eigenvalue weighted by molar-refractivity contribution is 0.257. The highest BCUT2D eigenvalue weighted by Gasteiger charge is 2.14. The van der Waals surface area contributed by atoms with Crippen molar-refractivity contribution in [2.75, 3.05) is 16.8 Å². The zero-order chi connectivity index (χ0) is 14.5. The minimum absolute atomic E-state index is 0.149. The Kier molecular flexibility index (Phi) is 4.64. The van der Waals surface area contributed by atoms with Gasteiger partial charge in [-0.05, 0) is 49.7 Å². The van der Waals surface area contributed by atoms with E-state index in [4.69, 9.17) is 11.6 Å². The van der Waals surface area contributed by atoms with Gasteiger partial charge in [-0.15, -0.1) is 0 Å². The van der Waals surface area contributed by atoms with Gasteiger partial charge in [0.2, 0.25) is 0 Å². The van der Waals surface area contributed by atoms with Crippen LogP contribution < -0.4 is 10.2 Å². The van der Waals surface area contributed by atoms with E-state index < -0.39 is 0 Å². The number of amides is 2. The standard InChI is InChI=1S/C16H17ClN2O/c1-3-19(14-7-5-4-6-8-14)16(20)18-15-10-9-13(17)11-12(15)2/h4-11H,3H2,1-2H3,(H,18,20). The van der Waals surface area contributed by atoms with Crippen LogP contribution in [0.15, 0.2) is 48.5 Å². The fourth-order valence-corrected chi connectivity index (χ4v) is 2.23. The molecule has 0 saturated heterocycles. The van der Waals surface area contributed by atoms with E-state index >= 15 is 0 Å². The van der Waals surface area contributed by atoms with Crippen LogP contribution in [0.25, 0.3) is 0 Å². The molecule has 2 amide bonds. The first kappa shape index (κ1) is 14.4. The number of anilines is 2. The molecule has 0 heterocycles. The number of nitrogens with zero attached hydrogens (tertiary/aromatic N) is 1. The quantitative estimate of drug-likeness (QED) is 0.872. The van der Waals surface area contributed by atoms with Crippen LogP contribution in [0.4, 0.5) is 16.2 Å². The molecule has 20 heavy (non-hydrogen) atoms. The Morgan fingerprint density at radius 2 is 1.90 bits per heavy atom. The molecule has 0 aliphatic rings. The third-order valence-electron chi connectivity index (χ3n) is 3.06. The molecule has 1 N–H and O–H groups in total. The Balaban J connectivity index is 2.18. The highest BCUT2D eigenvalue weighted by atomic mass is 35.5. The number of carbonyl (C=O) groups excluding carboxylic acids is 1. The maximum absolute atomic E-state index is 12.4. The summed E-state index contributed by atoms with van der Waals surface area (Å²) in [5, 5.41) is 3.58. The molecule has 0 spiro atoms. The summed E-state index contributed by atoms with van der Waals surface area (Å²) in [6.07, 6.45) is 0. The van der Waals surface area contributed by atoms with Gasteiger partial charge in [0.1, 0.15) is 0 Å². The van der Waals surface area contributed by atoms with Gasteiger partial charge < -0.3 is 5.32 Å². The molecule has 2 aromatic rings. The third-order valence-corrected chi connectivity index (χ3v) is 3.29. The molecular weight excluding hydrogens is 272 g/mol. The second-order valence-electron chi connectivity index (χ2n) is 4.47. The van der Waals surface area contributed by atoms with E-state index in [1.54, 1.807) is 11.0 Å². The first-order valence-corrected chi connectivity index (χ1v) is 6.89. The molecule has 0 aliphatic heterocycles. The SMILES string of the molecule is CCN(C(=O)Nc1ccc(Cl)cc1C)c1ccccc1. The van der Waals surface area contributed by atoms with E-state index in [0.29, 0.717) is 11.6 Å². The Morgan fingerprint density at radius 3 is 2.50 bits per heavy atom. The van der Waals surface area contributed by atoms with Crippen LogP contribution in [0.3, 0.4) is 0 Å². The summed E-state index contributed by atoms with van der Waals surface area (Å²) in [7, 11) is 0. The van der Waals surface area contributed by atoms with Crippen molar-refractivity contribution in [3.8, 4) is 0 Å².